The van der Waals surface area contributed by atoms with Crippen LogP contribution in [0.5, 0.6) is 5.75 Å². The van der Waals surface area contributed by atoms with Crippen LogP contribution in [0.3, 0.4) is 0 Å². The van der Waals surface area contributed by atoms with E-state index in [-0.39, 0.29) is 30.9 Å². The quantitative estimate of drug-likeness (QED) is 0.683. The molecule has 0 spiro atoms. The number of benzene rings is 2. The maximum absolute atomic E-state index is 12.5. The second-order valence-electron chi connectivity index (χ2n) is 8.07. The summed E-state index contributed by atoms with van der Waals surface area (Å²) >= 11 is 0. The van der Waals surface area contributed by atoms with E-state index in [1.807, 2.05) is 18.2 Å². The zero-order chi connectivity index (χ0) is 22.5. The number of amides is 2. The Morgan fingerprint density at radius 3 is 2.32 bits per heavy atom. The molecule has 164 valence electrons. The van der Waals surface area contributed by atoms with Crippen LogP contribution in [0.2, 0.25) is 0 Å². The first-order valence-electron chi connectivity index (χ1n) is 10.4. The Morgan fingerprint density at radius 2 is 1.68 bits per heavy atom. The Labute approximate surface area is 182 Å². The van der Waals surface area contributed by atoms with Gasteiger partial charge in [0.05, 0.1) is 5.69 Å². The van der Waals surface area contributed by atoms with E-state index in [1.165, 1.54) is 4.90 Å². The molecule has 0 unspecified atom stereocenters. The third kappa shape index (κ3) is 5.23. The molecule has 2 aromatic rings. The van der Waals surface area contributed by atoms with E-state index in [4.69, 9.17) is 9.47 Å². The third-order valence-electron chi connectivity index (χ3n) is 5.10. The van der Waals surface area contributed by atoms with Crippen LogP contribution in [0.4, 0.5) is 11.4 Å². The lowest BCUT2D eigenvalue weighted by Gasteiger charge is -2.28. The molecule has 0 saturated heterocycles. The second-order valence-corrected chi connectivity index (χ2v) is 8.07. The molecule has 1 aliphatic rings. The molecule has 1 N–H and O–H groups in total. The van der Waals surface area contributed by atoms with Crippen LogP contribution in [0.25, 0.3) is 0 Å². The number of carbonyl (C=O) groups excluding carboxylic acids is 3. The average molecular weight is 424 g/mol. The molecule has 0 aliphatic carbocycles. The Kier molecular flexibility index (Phi) is 6.95. The van der Waals surface area contributed by atoms with Crippen LogP contribution in [0, 0.1) is 0 Å². The zero-order valence-electron chi connectivity index (χ0n) is 18.3. The molecule has 0 fully saturated rings. The maximum atomic E-state index is 12.5. The largest absolute Gasteiger partial charge is 0.482 e. The van der Waals surface area contributed by atoms with Gasteiger partial charge in [-0.05, 0) is 35.1 Å². The van der Waals surface area contributed by atoms with Crippen LogP contribution in [0.15, 0.2) is 42.5 Å². The van der Waals surface area contributed by atoms with Crippen molar-refractivity contribution in [3.05, 3.63) is 53.6 Å². The van der Waals surface area contributed by atoms with Gasteiger partial charge in [0.15, 0.2) is 13.2 Å². The lowest BCUT2D eigenvalue weighted by Crippen LogP contribution is -2.42. The van der Waals surface area contributed by atoms with Crippen molar-refractivity contribution in [1.29, 1.82) is 0 Å². The molecule has 31 heavy (non-hydrogen) atoms. The van der Waals surface area contributed by atoms with E-state index in [1.54, 1.807) is 24.3 Å². The van der Waals surface area contributed by atoms with Gasteiger partial charge >= 0.3 is 5.97 Å². The van der Waals surface area contributed by atoms with Gasteiger partial charge in [0.1, 0.15) is 12.3 Å². The summed E-state index contributed by atoms with van der Waals surface area (Å²) in [5.41, 5.74) is 3.33. The van der Waals surface area contributed by atoms with Crippen LogP contribution in [-0.2, 0) is 19.1 Å². The van der Waals surface area contributed by atoms with Gasteiger partial charge in [-0.1, -0.05) is 58.0 Å². The highest BCUT2D eigenvalue weighted by Gasteiger charge is 2.27. The Morgan fingerprint density at radius 1 is 1.03 bits per heavy atom. The average Bonchev–Trinajstić information content (AvgIpc) is 2.74. The van der Waals surface area contributed by atoms with Gasteiger partial charge in [-0.15, -0.1) is 0 Å². The third-order valence-corrected chi connectivity index (χ3v) is 5.10. The van der Waals surface area contributed by atoms with E-state index in [0.29, 0.717) is 11.4 Å². The summed E-state index contributed by atoms with van der Waals surface area (Å²) in [7, 11) is 0. The Bertz CT molecular complexity index is 957. The van der Waals surface area contributed by atoms with E-state index in [0.717, 1.165) is 16.8 Å². The van der Waals surface area contributed by atoms with Gasteiger partial charge < -0.3 is 14.8 Å². The molecular formula is C24H28N2O5. The topological polar surface area (TPSA) is 84.9 Å². The van der Waals surface area contributed by atoms with Gasteiger partial charge in [0.2, 0.25) is 0 Å². The first-order chi connectivity index (χ1) is 14.8. The molecule has 1 aliphatic heterocycles. The minimum atomic E-state index is -0.665. The van der Waals surface area contributed by atoms with Crippen molar-refractivity contribution >= 4 is 29.2 Å². The molecular weight excluding hydrogens is 396 g/mol. The summed E-state index contributed by atoms with van der Waals surface area (Å²) in [5, 5.41) is 2.91. The highest BCUT2D eigenvalue weighted by Crippen LogP contribution is 2.33. The van der Waals surface area contributed by atoms with E-state index in [9.17, 15) is 14.4 Å². The fourth-order valence-corrected chi connectivity index (χ4v) is 3.52. The summed E-state index contributed by atoms with van der Waals surface area (Å²) in [6.07, 6.45) is 0. The van der Waals surface area contributed by atoms with Crippen molar-refractivity contribution in [2.45, 2.75) is 39.5 Å². The molecule has 0 bridgehead atoms. The van der Waals surface area contributed by atoms with Crippen LogP contribution in [0.1, 0.15) is 50.7 Å². The van der Waals surface area contributed by atoms with Gasteiger partial charge in [-0.25, -0.2) is 0 Å². The Hall–Kier alpha value is -3.35. The normalized spacial score (nSPS) is 13.1. The summed E-state index contributed by atoms with van der Waals surface area (Å²) in [6.45, 7) is 7.39. The number of anilines is 2. The van der Waals surface area contributed by atoms with Crippen molar-refractivity contribution in [3.8, 4) is 5.75 Å². The van der Waals surface area contributed by atoms with E-state index in [2.05, 4.69) is 33.0 Å². The number of carbonyl (C=O) groups is 3. The maximum Gasteiger partial charge on any atom is 0.326 e. The monoisotopic (exact) mass is 424 g/mol. The number of rotatable bonds is 7. The predicted molar refractivity (Wildman–Crippen MR) is 118 cm³/mol. The number of hydrogen-bond acceptors (Lipinski definition) is 5. The fourth-order valence-electron chi connectivity index (χ4n) is 3.52. The molecule has 7 heteroatoms. The summed E-state index contributed by atoms with van der Waals surface area (Å²) < 4.78 is 10.5. The van der Waals surface area contributed by atoms with Gasteiger partial charge in [-0.2, -0.15) is 0 Å². The molecule has 0 radical (unpaired) electrons. The summed E-state index contributed by atoms with van der Waals surface area (Å²) in [6, 6.07) is 12.9. The van der Waals surface area contributed by atoms with Crippen LogP contribution in [-0.4, -0.2) is 37.5 Å². The Balaban J connectivity index is 1.63. The minimum absolute atomic E-state index is 0.144. The van der Waals surface area contributed by atoms with E-state index >= 15 is 0 Å². The molecule has 2 amide bonds. The van der Waals surface area contributed by atoms with Crippen molar-refractivity contribution in [2.75, 3.05) is 30.0 Å². The number of nitrogens with zero attached hydrogens (tertiary/aromatic N) is 1. The number of ether oxygens (including phenoxy) is 2. The fraction of sp³-hybridized carbons (Fsp3) is 0.375. The summed E-state index contributed by atoms with van der Waals surface area (Å²) in [5.74, 6) is -0.446. The molecule has 0 aromatic heterocycles. The molecule has 2 aromatic carbocycles. The van der Waals surface area contributed by atoms with Crippen LogP contribution < -0.4 is 15.0 Å². The standard InChI is InChI=1S/C24H28N2O5/c1-15(2)17-8-7-9-18(16(3)4)24(17)25-21(27)13-31-23(29)12-26-19-10-5-6-11-20(19)30-14-22(26)28/h5-11,15-16H,12-14H2,1-4H3,(H,25,27). The molecule has 3 rings (SSSR count). The van der Waals surface area contributed by atoms with E-state index < -0.39 is 18.5 Å². The number of fused-ring (bicyclic) bond motifs is 1. The molecule has 0 atom stereocenters. The zero-order valence-corrected chi connectivity index (χ0v) is 18.3. The number of esters is 1. The van der Waals surface area contributed by atoms with Crippen molar-refractivity contribution in [2.24, 2.45) is 0 Å². The predicted octanol–water partition coefficient (Wildman–Crippen LogP) is 3.84. The second kappa shape index (κ2) is 9.64. The lowest BCUT2D eigenvalue weighted by molar-refractivity contribution is -0.146. The van der Waals surface area contributed by atoms with Gasteiger partial charge in [0, 0.05) is 5.69 Å². The van der Waals surface area contributed by atoms with Gasteiger partial charge in [0.25, 0.3) is 11.8 Å². The number of nitrogens with one attached hydrogen (secondary N) is 1. The molecule has 0 saturated carbocycles. The van der Waals surface area contributed by atoms with Crippen molar-refractivity contribution in [1.82, 2.24) is 0 Å². The number of hydrogen-bond donors (Lipinski definition) is 1. The summed E-state index contributed by atoms with van der Waals surface area (Å²) in [4.78, 5) is 38.4. The van der Waals surface area contributed by atoms with Crippen molar-refractivity contribution in [3.63, 3.8) is 0 Å². The highest BCUT2D eigenvalue weighted by molar-refractivity contribution is 6.01. The van der Waals surface area contributed by atoms with Crippen LogP contribution >= 0.6 is 0 Å². The lowest BCUT2D eigenvalue weighted by atomic mass is 9.92. The first kappa shape index (κ1) is 22.3. The molecule has 7 nitrogen and oxygen atoms in total. The molecule has 1 heterocycles. The SMILES string of the molecule is CC(C)c1cccc(C(C)C)c1NC(=O)COC(=O)CN1C(=O)COc2ccccc21. The van der Waals surface area contributed by atoms with Crippen molar-refractivity contribution < 1.29 is 23.9 Å². The smallest absolute Gasteiger partial charge is 0.326 e. The first-order valence-corrected chi connectivity index (χ1v) is 10.4. The van der Waals surface area contributed by atoms with Gasteiger partial charge in [-0.3, -0.25) is 19.3 Å². The highest BCUT2D eigenvalue weighted by atomic mass is 16.5. The minimum Gasteiger partial charge on any atom is -0.482 e. The number of para-hydroxylation sites is 3.